The highest BCUT2D eigenvalue weighted by Crippen LogP contribution is 2.19. The highest BCUT2D eigenvalue weighted by Gasteiger charge is 2.26. The molecule has 1 atom stereocenters. The first kappa shape index (κ1) is 15.3. The molecule has 8 heteroatoms. The average Bonchev–Trinajstić information content (AvgIpc) is 2.51. The first-order valence-electron chi connectivity index (χ1n) is 4.35. The van der Waals surface area contributed by atoms with Gasteiger partial charge in [-0.3, -0.25) is 14.4 Å². The van der Waals surface area contributed by atoms with Crippen molar-refractivity contribution in [1.29, 1.82) is 0 Å². The number of carbonyl (C=O) groups excluding carboxylic acids is 2. The minimum absolute atomic E-state index is 0. The van der Waals surface area contributed by atoms with Crippen molar-refractivity contribution in [1.82, 2.24) is 11.5 Å². The molecule has 0 aromatic rings. The molecule has 1 heterocycles. The second-order valence-electron chi connectivity index (χ2n) is 2.96. The van der Waals surface area contributed by atoms with Crippen LogP contribution in [0.4, 0.5) is 0 Å². The lowest BCUT2D eigenvalue weighted by molar-refractivity contribution is -0.133. The summed E-state index contributed by atoms with van der Waals surface area (Å²) in [5.41, 5.74) is 0. The second kappa shape index (κ2) is 7.53. The molecule has 92 valence electrons. The molecule has 0 aliphatic carbocycles. The fourth-order valence-corrected chi connectivity index (χ4v) is 2.57. The van der Waals surface area contributed by atoms with Crippen molar-refractivity contribution in [2.45, 2.75) is 12.5 Å². The first-order valence-corrected chi connectivity index (χ1v) is 6.49. The van der Waals surface area contributed by atoms with Gasteiger partial charge in [-0.15, -0.1) is 11.8 Å². The van der Waals surface area contributed by atoms with Crippen LogP contribution >= 0.6 is 23.5 Å². The summed E-state index contributed by atoms with van der Waals surface area (Å²) in [6.45, 7) is 0. The Hall–Kier alpha value is -0.730. The third-order valence-electron chi connectivity index (χ3n) is 1.73. The Morgan fingerprint density at radius 2 is 2.19 bits per heavy atom. The van der Waals surface area contributed by atoms with Crippen LogP contribution in [0.3, 0.4) is 0 Å². The van der Waals surface area contributed by atoms with Crippen LogP contribution in [-0.2, 0) is 14.4 Å². The van der Waals surface area contributed by atoms with Crippen molar-refractivity contribution in [3.63, 3.8) is 0 Å². The molecule has 6 nitrogen and oxygen atoms in total. The minimum Gasteiger partial charge on any atom is -0.481 e. The summed E-state index contributed by atoms with van der Waals surface area (Å²) in [5.74, 6) is -0.490. The van der Waals surface area contributed by atoms with Crippen LogP contribution in [0.2, 0.25) is 0 Å². The summed E-state index contributed by atoms with van der Waals surface area (Å²) in [6, 6.07) is -0.382. The van der Waals surface area contributed by atoms with E-state index >= 15 is 0 Å². The predicted molar refractivity (Wildman–Crippen MR) is 64.0 cm³/mol. The lowest BCUT2D eigenvalue weighted by atomic mass is 10.2. The van der Waals surface area contributed by atoms with Gasteiger partial charge in [-0.2, -0.15) is 0 Å². The molecule has 1 aliphatic heterocycles. The average molecular weight is 266 g/mol. The number of carboxylic acid groups (broad SMARTS) is 1. The summed E-state index contributed by atoms with van der Waals surface area (Å²) in [7, 11) is 0. The highest BCUT2D eigenvalue weighted by atomic mass is 32.2. The molecule has 5 N–H and O–H groups in total. The Morgan fingerprint density at radius 3 is 2.69 bits per heavy atom. The molecule has 0 aromatic carbocycles. The number of aliphatic carboxylic acids is 1. The second-order valence-corrected chi connectivity index (χ2v) is 5.05. The molecule has 16 heavy (non-hydrogen) atoms. The number of amides is 1. The van der Waals surface area contributed by atoms with Crippen molar-refractivity contribution < 1.29 is 19.5 Å². The van der Waals surface area contributed by atoms with Gasteiger partial charge in [0.1, 0.15) is 0 Å². The van der Waals surface area contributed by atoms with Crippen molar-refractivity contribution >= 4 is 40.5 Å². The number of carbonyl (C=O) groups is 3. The van der Waals surface area contributed by atoms with Crippen LogP contribution in [0.5, 0.6) is 0 Å². The topological polar surface area (TPSA) is 118 Å². The van der Waals surface area contributed by atoms with Crippen LogP contribution < -0.4 is 11.5 Å². The third-order valence-corrected chi connectivity index (χ3v) is 3.66. The Bertz CT molecular complexity index is 285. The largest absolute Gasteiger partial charge is 0.481 e. The lowest BCUT2D eigenvalue weighted by Crippen LogP contribution is -2.38. The highest BCUT2D eigenvalue weighted by molar-refractivity contribution is 8.14. The maximum atomic E-state index is 11.2. The van der Waals surface area contributed by atoms with E-state index in [9.17, 15) is 14.4 Å². The summed E-state index contributed by atoms with van der Waals surface area (Å²) in [6.07, 6.45) is 0.666. The zero-order chi connectivity index (χ0) is 11.3. The van der Waals surface area contributed by atoms with Gasteiger partial charge >= 0.3 is 5.97 Å². The van der Waals surface area contributed by atoms with E-state index in [-0.39, 0.29) is 34.7 Å². The smallest absolute Gasteiger partial charge is 0.313 e. The molecule has 1 unspecified atom stereocenters. The molecule has 1 fully saturated rings. The fraction of sp³-hybridized carbons (Fsp3) is 0.625. The fourth-order valence-electron chi connectivity index (χ4n) is 1.09. The van der Waals surface area contributed by atoms with Gasteiger partial charge in [-0.25, -0.2) is 0 Å². The standard InChI is InChI=1S/C8H11NO4S2.H3N/c10-6(3-14-4-7(11)12)9-5-1-2-15-8(5)13;/h5H,1-4H2,(H,9,10)(H,11,12);1H3. The number of nitrogens with one attached hydrogen (secondary N) is 1. The van der Waals surface area contributed by atoms with Crippen LogP contribution in [0.25, 0.3) is 0 Å². The molecule has 1 rings (SSSR count). The SMILES string of the molecule is N.O=C(O)CSCC(=O)NC1CCSC1=O. The van der Waals surface area contributed by atoms with E-state index in [1.54, 1.807) is 0 Å². The zero-order valence-electron chi connectivity index (χ0n) is 8.60. The molecular weight excluding hydrogens is 252 g/mol. The van der Waals surface area contributed by atoms with E-state index in [1.165, 1.54) is 11.8 Å². The molecule has 0 radical (unpaired) electrons. The minimum atomic E-state index is -0.944. The van der Waals surface area contributed by atoms with E-state index in [2.05, 4.69) is 5.32 Å². The quantitative estimate of drug-likeness (QED) is 0.646. The Balaban J connectivity index is 0.00000225. The van der Waals surface area contributed by atoms with Crippen LogP contribution in [0, 0.1) is 0 Å². The van der Waals surface area contributed by atoms with Gasteiger partial charge in [-0.1, -0.05) is 11.8 Å². The monoisotopic (exact) mass is 266 g/mol. The van der Waals surface area contributed by atoms with Crippen molar-refractivity contribution in [2.75, 3.05) is 17.3 Å². The van der Waals surface area contributed by atoms with Gasteiger partial charge in [0, 0.05) is 5.75 Å². The molecule has 0 aromatic heterocycles. The van der Waals surface area contributed by atoms with Crippen molar-refractivity contribution in [2.24, 2.45) is 0 Å². The van der Waals surface area contributed by atoms with Gasteiger partial charge in [0.05, 0.1) is 17.5 Å². The first-order chi connectivity index (χ1) is 7.09. The third kappa shape index (κ3) is 5.38. The van der Waals surface area contributed by atoms with Gasteiger partial charge in [0.25, 0.3) is 0 Å². The summed E-state index contributed by atoms with van der Waals surface area (Å²) in [4.78, 5) is 32.5. The van der Waals surface area contributed by atoms with Gasteiger partial charge in [0.15, 0.2) is 0 Å². The maximum absolute atomic E-state index is 11.2. The number of carboxylic acids is 1. The number of rotatable bonds is 5. The van der Waals surface area contributed by atoms with Crippen molar-refractivity contribution in [3.8, 4) is 0 Å². The molecule has 0 bridgehead atoms. The van der Waals surface area contributed by atoms with E-state index in [0.29, 0.717) is 6.42 Å². The maximum Gasteiger partial charge on any atom is 0.313 e. The van der Waals surface area contributed by atoms with Crippen LogP contribution in [0.1, 0.15) is 6.42 Å². The van der Waals surface area contributed by atoms with E-state index in [1.807, 2.05) is 0 Å². The number of hydrogen-bond donors (Lipinski definition) is 3. The normalized spacial score (nSPS) is 19.0. The van der Waals surface area contributed by atoms with E-state index in [4.69, 9.17) is 5.11 Å². The zero-order valence-corrected chi connectivity index (χ0v) is 10.2. The van der Waals surface area contributed by atoms with Gasteiger partial charge in [-0.05, 0) is 6.42 Å². The van der Waals surface area contributed by atoms with Crippen LogP contribution in [-0.4, -0.2) is 45.4 Å². The van der Waals surface area contributed by atoms with E-state index in [0.717, 1.165) is 17.5 Å². The predicted octanol–water partition coefficient (Wildman–Crippen LogP) is 0.114. The van der Waals surface area contributed by atoms with Crippen molar-refractivity contribution in [3.05, 3.63) is 0 Å². The Kier molecular flexibility index (Phi) is 7.18. The summed E-state index contributed by atoms with van der Waals surface area (Å²) >= 11 is 2.25. The lowest BCUT2D eigenvalue weighted by Gasteiger charge is -2.08. The molecular formula is C8H14N2O4S2. The molecule has 1 saturated heterocycles. The summed E-state index contributed by atoms with van der Waals surface area (Å²) < 4.78 is 0. The number of hydrogen-bond acceptors (Lipinski definition) is 6. The molecule has 1 aliphatic rings. The van der Waals surface area contributed by atoms with Gasteiger partial charge < -0.3 is 16.6 Å². The summed E-state index contributed by atoms with van der Waals surface area (Å²) in [5, 5.41) is 10.9. The molecule has 0 spiro atoms. The number of thioether (sulfide) groups is 2. The Morgan fingerprint density at radius 1 is 1.50 bits per heavy atom. The van der Waals surface area contributed by atoms with Gasteiger partial charge in [0.2, 0.25) is 11.0 Å². The molecule has 1 amide bonds. The van der Waals surface area contributed by atoms with Crippen LogP contribution in [0.15, 0.2) is 0 Å². The van der Waals surface area contributed by atoms with E-state index < -0.39 is 5.97 Å². The molecule has 0 saturated carbocycles. The Labute approximate surface area is 101 Å².